The van der Waals surface area contributed by atoms with E-state index in [9.17, 15) is 14.4 Å². The Morgan fingerprint density at radius 2 is 1.82 bits per heavy atom. The van der Waals surface area contributed by atoms with E-state index in [-0.39, 0.29) is 17.9 Å². The van der Waals surface area contributed by atoms with Gasteiger partial charge in [-0.05, 0) is 43.2 Å². The van der Waals surface area contributed by atoms with E-state index >= 15 is 0 Å². The maximum Gasteiger partial charge on any atom is 0.322 e. The zero-order valence-corrected chi connectivity index (χ0v) is 21.1. The number of para-hydroxylation sites is 1. The molecule has 2 aliphatic rings. The summed E-state index contributed by atoms with van der Waals surface area (Å²) in [7, 11) is 1.24. The highest BCUT2D eigenvalue weighted by Gasteiger charge is 2.57. The van der Waals surface area contributed by atoms with Crippen LogP contribution in [0.1, 0.15) is 47.0 Å². The van der Waals surface area contributed by atoms with Gasteiger partial charge in [0.1, 0.15) is 0 Å². The number of nitrogens with zero attached hydrogens (tertiary/aromatic N) is 1. The Labute approximate surface area is 202 Å². The van der Waals surface area contributed by atoms with E-state index in [1.165, 1.54) is 14.0 Å². The number of likely N-dealkylation sites (tertiary alicyclic amines) is 1. The minimum atomic E-state index is -1.60. The molecule has 0 spiro atoms. The minimum Gasteiger partial charge on any atom is -0.468 e. The molecule has 0 radical (unpaired) electrons. The van der Waals surface area contributed by atoms with Gasteiger partial charge in [0.25, 0.3) is 0 Å². The first kappa shape index (κ1) is 25.9. The molecule has 1 aromatic rings. The quantitative estimate of drug-likeness (QED) is 0.386. The van der Waals surface area contributed by atoms with E-state index in [1.807, 2.05) is 56.0 Å². The average Bonchev–Trinajstić information content (AvgIpc) is 2.82. The number of carbonyl (C=O) groups is 3. The van der Waals surface area contributed by atoms with E-state index in [4.69, 9.17) is 9.47 Å². The van der Waals surface area contributed by atoms with Crippen LogP contribution in [-0.4, -0.2) is 61.5 Å². The topological polar surface area (TPSA) is 84.9 Å². The molecule has 3 rings (SSSR count). The van der Waals surface area contributed by atoms with E-state index in [0.717, 1.165) is 25.1 Å². The van der Waals surface area contributed by atoms with Crippen molar-refractivity contribution >= 4 is 23.3 Å². The first-order valence-corrected chi connectivity index (χ1v) is 12.0. The number of methoxy groups -OCH3 is 1. The van der Waals surface area contributed by atoms with Gasteiger partial charge in [-0.3, -0.25) is 14.4 Å². The SMILES string of the molecule is C=C1C(=O)[C@](C)(C(=O)OC)[C@@H](CC(=O)N2CCC(CNc3ccccc3)CC2)O[C@H]1C(C)(C)C. The Kier molecular flexibility index (Phi) is 7.86. The molecular weight excluding hydrogens is 432 g/mol. The molecular formula is C27H38N2O5. The molecule has 186 valence electrons. The number of benzene rings is 1. The Hall–Kier alpha value is -2.67. The Morgan fingerprint density at radius 3 is 2.38 bits per heavy atom. The first-order valence-electron chi connectivity index (χ1n) is 12.0. The molecule has 2 aliphatic heterocycles. The number of amides is 1. The number of hydrogen-bond acceptors (Lipinski definition) is 6. The molecule has 1 aromatic carbocycles. The van der Waals surface area contributed by atoms with Crippen LogP contribution in [0.25, 0.3) is 0 Å². The van der Waals surface area contributed by atoms with Gasteiger partial charge in [-0.1, -0.05) is 45.5 Å². The second-order valence-corrected chi connectivity index (χ2v) is 10.7. The number of anilines is 1. The van der Waals surface area contributed by atoms with Crippen LogP contribution in [0.15, 0.2) is 42.5 Å². The number of ether oxygens (including phenoxy) is 2. The van der Waals surface area contributed by atoms with Crippen molar-refractivity contribution in [2.75, 3.05) is 32.1 Å². The average molecular weight is 471 g/mol. The molecule has 0 unspecified atom stereocenters. The van der Waals surface area contributed by atoms with E-state index in [0.29, 0.717) is 19.0 Å². The van der Waals surface area contributed by atoms with Gasteiger partial charge in [-0.15, -0.1) is 0 Å². The highest BCUT2D eigenvalue weighted by molar-refractivity contribution is 6.13. The van der Waals surface area contributed by atoms with E-state index in [1.54, 1.807) is 0 Å². The van der Waals surface area contributed by atoms with Gasteiger partial charge in [0.05, 0.1) is 25.7 Å². The third-order valence-corrected chi connectivity index (χ3v) is 7.12. The van der Waals surface area contributed by atoms with Crippen LogP contribution in [0.3, 0.4) is 0 Å². The van der Waals surface area contributed by atoms with Gasteiger partial charge >= 0.3 is 5.97 Å². The van der Waals surface area contributed by atoms with Crippen LogP contribution in [0.5, 0.6) is 0 Å². The van der Waals surface area contributed by atoms with Crippen molar-refractivity contribution in [1.29, 1.82) is 0 Å². The summed E-state index contributed by atoms with van der Waals surface area (Å²) >= 11 is 0. The maximum absolute atomic E-state index is 13.3. The number of Topliss-reactive ketones (excluding diaryl/α,β-unsaturated/α-hetero) is 1. The lowest BCUT2D eigenvalue weighted by atomic mass is 9.69. The fourth-order valence-electron chi connectivity index (χ4n) is 4.89. The molecule has 0 aliphatic carbocycles. The third kappa shape index (κ3) is 5.35. The largest absolute Gasteiger partial charge is 0.468 e. The molecule has 0 saturated carbocycles. The number of hydrogen-bond donors (Lipinski definition) is 1. The molecule has 0 bridgehead atoms. The summed E-state index contributed by atoms with van der Waals surface area (Å²) in [6, 6.07) is 10.1. The number of piperidine rings is 1. The number of ketones is 1. The van der Waals surface area contributed by atoms with Crippen LogP contribution in [-0.2, 0) is 23.9 Å². The Morgan fingerprint density at radius 1 is 1.21 bits per heavy atom. The molecule has 1 amide bonds. The van der Waals surface area contributed by atoms with Gasteiger partial charge in [0.15, 0.2) is 11.2 Å². The van der Waals surface area contributed by atoms with Crippen molar-refractivity contribution in [2.45, 2.75) is 59.2 Å². The Bertz CT molecular complexity index is 915. The van der Waals surface area contributed by atoms with Gasteiger partial charge in [-0.25, -0.2) is 0 Å². The standard InChI is InChI=1S/C27H38N2O5/c1-18-23(31)27(5,25(32)33-6)21(34-24(18)26(2,3)4)16-22(30)29-14-12-19(13-15-29)17-28-20-10-8-7-9-11-20/h7-11,19,21,24,28H,1,12-17H2,2-6H3/t21-,24-,27-/m1/s1. The summed E-state index contributed by atoms with van der Waals surface area (Å²) in [6.45, 7) is 13.4. The molecule has 0 aromatic heterocycles. The van der Waals surface area contributed by atoms with Gasteiger partial charge in [-0.2, -0.15) is 0 Å². The fraction of sp³-hybridized carbons (Fsp3) is 0.593. The smallest absolute Gasteiger partial charge is 0.322 e. The van der Waals surface area contributed by atoms with Crippen molar-refractivity contribution in [2.24, 2.45) is 16.7 Å². The predicted octanol–water partition coefficient (Wildman–Crippen LogP) is 3.85. The molecule has 2 saturated heterocycles. The molecule has 1 N–H and O–H groups in total. The number of esters is 1. The molecule has 34 heavy (non-hydrogen) atoms. The number of carbonyl (C=O) groups excluding carboxylic acids is 3. The van der Waals surface area contributed by atoms with Crippen LogP contribution < -0.4 is 5.32 Å². The fourth-order valence-corrected chi connectivity index (χ4v) is 4.89. The van der Waals surface area contributed by atoms with E-state index in [2.05, 4.69) is 11.9 Å². The van der Waals surface area contributed by atoms with Crippen molar-refractivity contribution in [1.82, 2.24) is 4.90 Å². The Balaban J connectivity index is 1.65. The summed E-state index contributed by atoms with van der Waals surface area (Å²) in [5, 5.41) is 3.46. The summed E-state index contributed by atoms with van der Waals surface area (Å²) in [5.74, 6) is -0.739. The zero-order chi connectivity index (χ0) is 25.1. The molecule has 7 heteroatoms. The molecule has 7 nitrogen and oxygen atoms in total. The second kappa shape index (κ2) is 10.3. The minimum absolute atomic E-state index is 0.0515. The lowest BCUT2D eigenvalue weighted by Crippen LogP contribution is -2.59. The highest BCUT2D eigenvalue weighted by atomic mass is 16.5. The van der Waals surface area contributed by atoms with Crippen LogP contribution in [0, 0.1) is 16.7 Å². The first-order chi connectivity index (χ1) is 16.0. The highest BCUT2D eigenvalue weighted by Crippen LogP contribution is 2.43. The van der Waals surface area contributed by atoms with Gasteiger partial charge in [0.2, 0.25) is 5.91 Å². The van der Waals surface area contributed by atoms with Gasteiger partial charge in [0, 0.05) is 30.9 Å². The second-order valence-electron chi connectivity index (χ2n) is 10.7. The lowest BCUT2D eigenvalue weighted by Gasteiger charge is -2.46. The van der Waals surface area contributed by atoms with Crippen molar-refractivity contribution in [3.8, 4) is 0 Å². The summed E-state index contributed by atoms with van der Waals surface area (Å²) in [5.41, 5.74) is -0.662. The van der Waals surface area contributed by atoms with Crippen molar-refractivity contribution in [3.05, 3.63) is 42.5 Å². The molecule has 3 atom stereocenters. The van der Waals surface area contributed by atoms with Crippen LogP contribution >= 0.6 is 0 Å². The number of rotatable bonds is 6. The predicted molar refractivity (Wildman–Crippen MR) is 131 cm³/mol. The number of nitrogens with one attached hydrogen (secondary N) is 1. The van der Waals surface area contributed by atoms with E-state index < -0.39 is 34.8 Å². The van der Waals surface area contributed by atoms with Crippen LogP contribution in [0.2, 0.25) is 0 Å². The summed E-state index contributed by atoms with van der Waals surface area (Å²) < 4.78 is 11.2. The molecule has 2 fully saturated rings. The third-order valence-electron chi connectivity index (χ3n) is 7.12. The van der Waals surface area contributed by atoms with Crippen molar-refractivity contribution < 1.29 is 23.9 Å². The summed E-state index contributed by atoms with van der Waals surface area (Å²) in [4.78, 5) is 41.1. The normalized spacial score (nSPS) is 26.3. The monoisotopic (exact) mass is 470 g/mol. The zero-order valence-electron chi connectivity index (χ0n) is 21.1. The van der Waals surface area contributed by atoms with Crippen molar-refractivity contribution in [3.63, 3.8) is 0 Å². The maximum atomic E-state index is 13.3. The van der Waals surface area contributed by atoms with Crippen LogP contribution in [0.4, 0.5) is 5.69 Å². The molecule has 2 heterocycles. The van der Waals surface area contributed by atoms with Gasteiger partial charge < -0.3 is 19.7 Å². The lowest BCUT2D eigenvalue weighted by molar-refractivity contribution is -0.183. The summed E-state index contributed by atoms with van der Waals surface area (Å²) in [6.07, 6.45) is 0.249.